The minimum Gasteiger partial charge on any atom is -0.466 e. The molecule has 0 radical (unpaired) electrons. The van der Waals surface area contributed by atoms with Gasteiger partial charge in [-0.2, -0.15) is 0 Å². The van der Waals surface area contributed by atoms with Gasteiger partial charge in [-0.05, 0) is 32.1 Å². The minimum absolute atomic E-state index is 0.0180. The van der Waals surface area contributed by atoms with Crippen LogP contribution < -0.4 is 5.32 Å². The fourth-order valence-corrected chi connectivity index (χ4v) is 11.8. The number of aliphatic hydroxyl groups excluding tert-OH is 2. The number of unbranched alkanes of at least 4 members (excludes halogenated alkanes) is 58. The molecule has 0 aliphatic heterocycles. The third kappa shape index (κ3) is 65.6. The van der Waals surface area contributed by atoms with Crippen LogP contribution in [0.4, 0.5) is 0 Å². The molecule has 6 heteroatoms. The summed E-state index contributed by atoms with van der Waals surface area (Å²) in [4.78, 5) is 24.6. The van der Waals surface area contributed by atoms with E-state index in [9.17, 15) is 19.8 Å². The summed E-state index contributed by atoms with van der Waals surface area (Å²) in [6, 6.07) is -0.629. The lowest BCUT2D eigenvalue weighted by molar-refractivity contribution is -0.143. The van der Waals surface area contributed by atoms with Crippen LogP contribution in [0.2, 0.25) is 0 Å². The molecule has 3 N–H and O–H groups in total. The van der Waals surface area contributed by atoms with Gasteiger partial charge in [0.2, 0.25) is 5.91 Å². The predicted molar refractivity (Wildman–Crippen MR) is 347 cm³/mol. The second-order valence-electron chi connectivity index (χ2n) is 25.3. The Labute approximate surface area is 495 Å². The van der Waals surface area contributed by atoms with E-state index < -0.39 is 12.1 Å². The van der Waals surface area contributed by atoms with Crippen molar-refractivity contribution in [2.45, 2.75) is 431 Å². The highest BCUT2D eigenvalue weighted by Gasteiger charge is 2.18. The van der Waals surface area contributed by atoms with Crippen LogP contribution >= 0.6 is 0 Å². The summed E-state index contributed by atoms with van der Waals surface area (Å²) in [6.07, 6.45) is 85.8. The van der Waals surface area contributed by atoms with Gasteiger partial charge in [0, 0.05) is 12.8 Å². The van der Waals surface area contributed by atoms with Crippen molar-refractivity contribution in [3.05, 3.63) is 12.2 Å². The lowest BCUT2D eigenvalue weighted by Crippen LogP contribution is -2.45. The van der Waals surface area contributed by atoms with E-state index in [1.165, 1.54) is 353 Å². The van der Waals surface area contributed by atoms with E-state index in [-0.39, 0.29) is 18.5 Å². The van der Waals surface area contributed by atoms with Crippen LogP contribution in [0.1, 0.15) is 418 Å². The maximum absolute atomic E-state index is 12.5. The third-order valence-electron chi connectivity index (χ3n) is 17.3. The SMILES string of the molecule is CCCCCCCCCCCCCCCCCCCCCCC/C=C/C(O)C(CO)NC(=O)CCCCCCCCCCCCCCCCCCCCCCCCOC(=O)CCCCCCCCCCCCCCCCCCC. The Morgan fingerprint density at radius 2 is 0.582 bits per heavy atom. The average molecular weight is 1110 g/mol. The van der Waals surface area contributed by atoms with Crippen LogP contribution in [-0.2, 0) is 14.3 Å². The summed E-state index contributed by atoms with van der Waals surface area (Å²) in [5.41, 5.74) is 0. The lowest BCUT2D eigenvalue weighted by atomic mass is 10.0. The van der Waals surface area contributed by atoms with Crippen molar-refractivity contribution < 1.29 is 24.5 Å². The fourth-order valence-electron chi connectivity index (χ4n) is 11.8. The third-order valence-corrected chi connectivity index (χ3v) is 17.3. The van der Waals surface area contributed by atoms with Crippen molar-refractivity contribution in [1.82, 2.24) is 5.32 Å². The quantitative estimate of drug-likeness (QED) is 0.0320. The number of esters is 1. The lowest BCUT2D eigenvalue weighted by Gasteiger charge is -2.20. The van der Waals surface area contributed by atoms with Crippen molar-refractivity contribution in [1.29, 1.82) is 0 Å². The molecule has 0 rings (SSSR count). The van der Waals surface area contributed by atoms with Gasteiger partial charge < -0.3 is 20.3 Å². The molecule has 0 bridgehead atoms. The molecule has 0 saturated carbocycles. The number of ether oxygens (including phenoxy) is 1. The summed E-state index contributed by atoms with van der Waals surface area (Å²) < 4.78 is 5.51. The van der Waals surface area contributed by atoms with Crippen LogP contribution in [0.15, 0.2) is 12.2 Å². The molecular formula is C73H143NO5. The number of aliphatic hydroxyl groups is 2. The van der Waals surface area contributed by atoms with Gasteiger partial charge in [-0.15, -0.1) is 0 Å². The van der Waals surface area contributed by atoms with Crippen LogP contribution in [-0.4, -0.2) is 47.4 Å². The molecule has 79 heavy (non-hydrogen) atoms. The topological polar surface area (TPSA) is 95.9 Å². The fraction of sp³-hybridized carbons (Fsp3) is 0.945. The Bertz CT molecular complexity index is 1190. The number of nitrogens with one attached hydrogen (secondary N) is 1. The molecule has 0 spiro atoms. The number of carbonyl (C=O) groups is 2. The van der Waals surface area contributed by atoms with Crippen molar-refractivity contribution in [3.63, 3.8) is 0 Å². The largest absolute Gasteiger partial charge is 0.466 e. The molecule has 0 saturated heterocycles. The molecular weight excluding hydrogens is 971 g/mol. The molecule has 2 atom stereocenters. The molecule has 0 aromatic carbocycles. The molecule has 0 heterocycles. The molecule has 0 fully saturated rings. The number of hydrogen-bond donors (Lipinski definition) is 3. The van der Waals surface area contributed by atoms with Crippen LogP contribution in [0.5, 0.6) is 0 Å². The van der Waals surface area contributed by atoms with Crippen molar-refractivity contribution in [3.8, 4) is 0 Å². The Kier molecular flexibility index (Phi) is 67.9. The summed E-state index contributed by atoms with van der Waals surface area (Å²) in [7, 11) is 0. The first-order valence-electron chi connectivity index (χ1n) is 36.5. The smallest absolute Gasteiger partial charge is 0.305 e. The number of allylic oxidation sites excluding steroid dienone is 1. The minimum atomic E-state index is -0.845. The van der Waals surface area contributed by atoms with Gasteiger partial charge in [0.15, 0.2) is 0 Å². The molecule has 2 unspecified atom stereocenters. The van der Waals surface area contributed by atoms with E-state index in [2.05, 4.69) is 19.2 Å². The van der Waals surface area contributed by atoms with Gasteiger partial charge in [0.25, 0.3) is 0 Å². The summed E-state index contributed by atoms with van der Waals surface area (Å²) >= 11 is 0. The standard InChI is InChI=1S/C73H143NO5/c1-3-5-7-9-11-13-15-17-19-21-22-23-24-27-30-34-37-41-45-49-53-57-61-65-71(76)70(69-75)74-72(77)66-62-58-54-50-46-42-38-35-31-28-25-26-29-32-36-40-44-48-52-56-60-64-68-79-73(78)67-63-59-55-51-47-43-39-33-20-18-16-14-12-10-8-6-4-2/h61,65,70-71,75-76H,3-60,62-64,66-69H2,1-2H3,(H,74,77)/b65-61+. The average Bonchev–Trinajstić information content (AvgIpc) is 3.45. The van der Waals surface area contributed by atoms with Gasteiger partial charge in [0.05, 0.1) is 25.4 Å². The van der Waals surface area contributed by atoms with E-state index in [0.717, 1.165) is 38.5 Å². The molecule has 0 aromatic heterocycles. The maximum Gasteiger partial charge on any atom is 0.305 e. The number of hydrogen-bond acceptors (Lipinski definition) is 5. The van der Waals surface area contributed by atoms with Crippen LogP contribution in [0.25, 0.3) is 0 Å². The Balaban J connectivity index is 3.39. The molecule has 470 valence electrons. The van der Waals surface area contributed by atoms with Crippen LogP contribution in [0.3, 0.4) is 0 Å². The number of rotatable bonds is 69. The molecule has 0 aromatic rings. The molecule has 1 amide bonds. The van der Waals surface area contributed by atoms with Crippen LogP contribution in [0, 0.1) is 0 Å². The summed E-state index contributed by atoms with van der Waals surface area (Å²) in [5, 5.41) is 23.3. The first-order chi connectivity index (χ1) is 39.0. The van der Waals surface area contributed by atoms with Gasteiger partial charge in [0.1, 0.15) is 0 Å². The van der Waals surface area contributed by atoms with Gasteiger partial charge >= 0.3 is 5.97 Å². The van der Waals surface area contributed by atoms with Crippen molar-refractivity contribution in [2.75, 3.05) is 13.2 Å². The second kappa shape index (κ2) is 69.1. The highest BCUT2D eigenvalue weighted by Crippen LogP contribution is 2.19. The first-order valence-corrected chi connectivity index (χ1v) is 36.5. The van der Waals surface area contributed by atoms with Crippen molar-refractivity contribution >= 4 is 11.9 Å². The summed E-state index contributed by atoms with van der Waals surface area (Å²) in [6.45, 7) is 4.96. The molecule has 6 nitrogen and oxygen atoms in total. The second-order valence-corrected chi connectivity index (χ2v) is 25.3. The molecule has 0 aliphatic carbocycles. The Morgan fingerprint density at radius 1 is 0.342 bits per heavy atom. The predicted octanol–water partition coefficient (Wildman–Crippen LogP) is 23.5. The highest BCUT2D eigenvalue weighted by atomic mass is 16.5. The Morgan fingerprint density at radius 3 is 0.861 bits per heavy atom. The number of amides is 1. The van der Waals surface area contributed by atoms with E-state index in [0.29, 0.717) is 19.4 Å². The summed E-state index contributed by atoms with van der Waals surface area (Å²) in [5.74, 6) is -0.0449. The molecule has 0 aliphatic rings. The van der Waals surface area contributed by atoms with E-state index in [1.807, 2.05) is 6.08 Å². The number of carbonyl (C=O) groups excluding carboxylic acids is 2. The van der Waals surface area contributed by atoms with Crippen molar-refractivity contribution in [2.24, 2.45) is 0 Å². The normalized spacial score (nSPS) is 12.5. The zero-order valence-corrected chi connectivity index (χ0v) is 53.9. The maximum atomic E-state index is 12.5. The monoisotopic (exact) mass is 1110 g/mol. The zero-order chi connectivity index (χ0) is 57.1. The van der Waals surface area contributed by atoms with E-state index >= 15 is 0 Å². The van der Waals surface area contributed by atoms with Gasteiger partial charge in [-0.1, -0.05) is 386 Å². The zero-order valence-electron chi connectivity index (χ0n) is 53.9. The highest BCUT2D eigenvalue weighted by molar-refractivity contribution is 5.76. The first kappa shape index (κ1) is 77.6. The van der Waals surface area contributed by atoms with Gasteiger partial charge in [-0.25, -0.2) is 0 Å². The Hall–Kier alpha value is -1.40. The van der Waals surface area contributed by atoms with E-state index in [4.69, 9.17) is 4.74 Å². The van der Waals surface area contributed by atoms with Gasteiger partial charge in [-0.3, -0.25) is 9.59 Å². The van der Waals surface area contributed by atoms with E-state index in [1.54, 1.807) is 6.08 Å².